The van der Waals surface area contributed by atoms with E-state index in [4.69, 9.17) is 9.47 Å². The van der Waals surface area contributed by atoms with Crippen molar-refractivity contribution in [1.82, 2.24) is 10.6 Å². The molecule has 0 aliphatic rings. The molecule has 32 heavy (non-hydrogen) atoms. The summed E-state index contributed by atoms with van der Waals surface area (Å²) in [6.45, 7) is 4.63. The average molecular weight is 442 g/mol. The Bertz CT molecular complexity index is 957. The highest BCUT2D eigenvalue weighted by Gasteiger charge is 2.23. The van der Waals surface area contributed by atoms with Gasteiger partial charge in [0.25, 0.3) is 5.91 Å². The third-order valence-electron chi connectivity index (χ3n) is 4.65. The molecule has 0 radical (unpaired) electrons. The van der Waals surface area contributed by atoms with Crippen LogP contribution in [0.25, 0.3) is 6.08 Å². The summed E-state index contributed by atoms with van der Waals surface area (Å²) in [5.41, 5.74) is 1.50. The fraction of sp³-hybridized carbons (Fsp3) is 0.292. The molecule has 2 N–H and O–H groups in total. The SMILES string of the molecule is COc1ccc(/C=C/C(=O)NC(C)C(=O)OC(C)C(=O)NC(C)c2ccc(F)cc2)cc1. The van der Waals surface area contributed by atoms with Crippen molar-refractivity contribution in [2.75, 3.05) is 7.11 Å². The van der Waals surface area contributed by atoms with Gasteiger partial charge in [0, 0.05) is 6.08 Å². The van der Waals surface area contributed by atoms with Crippen molar-refractivity contribution in [3.8, 4) is 5.75 Å². The highest BCUT2D eigenvalue weighted by atomic mass is 19.1. The summed E-state index contributed by atoms with van der Waals surface area (Å²) in [7, 11) is 1.56. The smallest absolute Gasteiger partial charge is 0.329 e. The Morgan fingerprint density at radius 3 is 2.16 bits per heavy atom. The molecular weight excluding hydrogens is 415 g/mol. The largest absolute Gasteiger partial charge is 0.497 e. The van der Waals surface area contributed by atoms with Crippen molar-refractivity contribution in [1.29, 1.82) is 0 Å². The second-order valence-corrected chi connectivity index (χ2v) is 7.20. The van der Waals surface area contributed by atoms with Crippen LogP contribution in [0.1, 0.15) is 37.9 Å². The number of esters is 1. The molecule has 2 aromatic carbocycles. The number of carbonyl (C=O) groups is 3. The first-order chi connectivity index (χ1) is 15.2. The molecule has 2 amide bonds. The summed E-state index contributed by atoms with van der Waals surface area (Å²) in [6, 6.07) is 11.5. The number of hydrogen-bond acceptors (Lipinski definition) is 5. The molecule has 0 saturated heterocycles. The van der Waals surface area contributed by atoms with Crippen LogP contribution in [0.15, 0.2) is 54.6 Å². The Morgan fingerprint density at radius 1 is 0.938 bits per heavy atom. The molecule has 2 rings (SSSR count). The third kappa shape index (κ3) is 7.54. The Kier molecular flexibility index (Phi) is 8.95. The van der Waals surface area contributed by atoms with Crippen LogP contribution in [0.4, 0.5) is 4.39 Å². The molecule has 3 atom stereocenters. The van der Waals surface area contributed by atoms with E-state index in [-0.39, 0.29) is 5.82 Å². The Balaban J connectivity index is 1.81. The van der Waals surface area contributed by atoms with E-state index >= 15 is 0 Å². The van der Waals surface area contributed by atoms with Gasteiger partial charge in [-0.15, -0.1) is 0 Å². The minimum absolute atomic E-state index is 0.371. The van der Waals surface area contributed by atoms with Crippen molar-refractivity contribution in [2.24, 2.45) is 0 Å². The number of amides is 2. The zero-order chi connectivity index (χ0) is 23.7. The van der Waals surface area contributed by atoms with Gasteiger partial charge < -0.3 is 20.1 Å². The predicted molar refractivity (Wildman–Crippen MR) is 118 cm³/mol. The van der Waals surface area contributed by atoms with E-state index in [0.29, 0.717) is 11.3 Å². The predicted octanol–water partition coefficient (Wildman–Crippen LogP) is 3.16. The van der Waals surface area contributed by atoms with E-state index in [2.05, 4.69) is 10.6 Å². The molecule has 8 heteroatoms. The molecule has 0 spiro atoms. The van der Waals surface area contributed by atoms with Crippen molar-refractivity contribution in [3.05, 3.63) is 71.6 Å². The highest BCUT2D eigenvalue weighted by molar-refractivity contribution is 5.95. The van der Waals surface area contributed by atoms with Crippen LogP contribution in [0.5, 0.6) is 5.75 Å². The van der Waals surface area contributed by atoms with Crippen molar-refractivity contribution < 1.29 is 28.2 Å². The molecule has 0 bridgehead atoms. The number of carbonyl (C=O) groups excluding carboxylic acids is 3. The molecule has 0 aromatic heterocycles. The van der Waals surface area contributed by atoms with E-state index in [1.54, 1.807) is 56.5 Å². The first-order valence-corrected chi connectivity index (χ1v) is 10.1. The van der Waals surface area contributed by atoms with Crippen molar-refractivity contribution in [3.63, 3.8) is 0 Å². The maximum Gasteiger partial charge on any atom is 0.329 e. The van der Waals surface area contributed by atoms with Gasteiger partial charge in [-0.1, -0.05) is 24.3 Å². The van der Waals surface area contributed by atoms with Crippen molar-refractivity contribution >= 4 is 23.9 Å². The third-order valence-corrected chi connectivity index (χ3v) is 4.65. The van der Waals surface area contributed by atoms with Crippen LogP contribution in [0.2, 0.25) is 0 Å². The number of methoxy groups -OCH3 is 1. The first-order valence-electron chi connectivity index (χ1n) is 10.1. The molecule has 7 nitrogen and oxygen atoms in total. The Morgan fingerprint density at radius 2 is 1.56 bits per heavy atom. The van der Waals surface area contributed by atoms with Gasteiger partial charge in [0.05, 0.1) is 13.2 Å². The van der Waals surface area contributed by atoms with Crippen LogP contribution in [-0.4, -0.2) is 37.0 Å². The normalized spacial score (nSPS) is 13.7. The van der Waals surface area contributed by atoms with Gasteiger partial charge in [0.2, 0.25) is 5.91 Å². The maximum absolute atomic E-state index is 13.0. The summed E-state index contributed by atoms with van der Waals surface area (Å²) in [6.07, 6.45) is 1.82. The number of nitrogens with one attached hydrogen (secondary N) is 2. The maximum atomic E-state index is 13.0. The fourth-order valence-corrected chi connectivity index (χ4v) is 2.70. The van der Waals surface area contributed by atoms with E-state index in [1.807, 2.05) is 0 Å². The summed E-state index contributed by atoms with van der Waals surface area (Å²) >= 11 is 0. The lowest BCUT2D eigenvalue weighted by atomic mass is 10.1. The number of ether oxygens (including phenoxy) is 2. The van der Waals surface area contributed by atoms with E-state index in [1.165, 1.54) is 32.1 Å². The molecule has 3 unspecified atom stereocenters. The topological polar surface area (TPSA) is 93.7 Å². The molecule has 0 saturated carbocycles. The Hall–Kier alpha value is -3.68. The van der Waals surface area contributed by atoms with E-state index < -0.39 is 36.0 Å². The average Bonchev–Trinajstić information content (AvgIpc) is 2.78. The molecular formula is C24H27FN2O5. The molecule has 0 aliphatic heterocycles. The van der Waals surface area contributed by atoms with Gasteiger partial charge in [-0.25, -0.2) is 9.18 Å². The number of benzene rings is 2. The summed E-state index contributed by atoms with van der Waals surface area (Å²) < 4.78 is 23.3. The van der Waals surface area contributed by atoms with Crippen LogP contribution in [0, 0.1) is 5.82 Å². The quantitative estimate of drug-likeness (QED) is 0.460. The van der Waals surface area contributed by atoms with E-state index in [9.17, 15) is 18.8 Å². The van der Waals surface area contributed by atoms with Gasteiger partial charge in [-0.3, -0.25) is 9.59 Å². The van der Waals surface area contributed by atoms with Crippen molar-refractivity contribution in [2.45, 2.75) is 39.0 Å². The second kappa shape index (κ2) is 11.6. The van der Waals surface area contributed by atoms with Crippen LogP contribution < -0.4 is 15.4 Å². The zero-order valence-corrected chi connectivity index (χ0v) is 18.4. The van der Waals surface area contributed by atoms with Gasteiger partial charge in [-0.05, 0) is 62.2 Å². The molecule has 0 fully saturated rings. The van der Waals surface area contributed by atoms with Gasteiger partial charge >= 0.3 is 5.97 Å². The second-order valence-electron chi connectivity index (χ2n) is 7.20. The minimum Gasteiger partial charge on any atom is -0.497 e. The lowest BCUT2D eigenvalue weighted by Crippen LogP contribution is -2.43. The molecule has 170 valence electrons. The van der Waals surface area contributed by atoms with Crippen LogP contribution in [-0.2, 0) is 19.1 Å². The lowest BCUT2D eigenvalue weighted by molar-refractivity contribution is -0.157. The fourth-order valence-electron chi connectivity index (χ4n) is 2.70. The number of hydrogen-bond donors (Lipinski definition) is 2. The molecule has 0 aliphatic carbocycles. The highest BCUT2D eigenvalue weighted by Crippen LogP contribution is 2.14. The summed E-state index contributed by atoms with van der Waals surface area (Å²) in [4.78, 5) is 36.6. The van der Waals surface area contributed by atoms with Gasteiger partial charge in [0.1, 0.15) is 17.6 Å². The minimum atomic E-state index is -1.07. The van der Waals surface area contributed by atoms with Gasteiger partial charge in [0.15, 0.2) is 6.10 Å². The summed E-state index contributed by atoms with van der Waals surface area (Å²) in [5, 5.41) is 5.20. The molecule has 2 aromatic rings. The monoisotopic (exact) mass is 442 g/mol. The first kappa shape index (κ1) is 24.6. The zero-order valence-electron chi connectivity index (χ0n) is 18.4. The standard InChI is InChI=1S/C24H27FN2O5/c1-15(19-8-10-20(25)11-9-19)27-23(29)17(3)32-24(30)16(2)26-22(28)14-7-18-5-12-21(31-4)13-6-18/h5-17H,1-4H3,(H,26,28)(H,27,29)/b14-7+. The lowest BCUT2D eigenvalue weighted by Gasteiger charge is -2.20. The van der Waals surface area contributed by atoms with Crippen LogP contribution >= 0.6 is 0 Å². The number of halogens is 1. The van der Waals surface area contributed by atoms with Gasteiger partial charge in [-0.2, -0.15) is 0 Å². The summed E-state index contributed by atoms with van der Waals surface area (Å²) in [5.74, 6) is -1.40. The number of rotatable bonds is 9. The van der Waals surface area contributed by atoms with E-state index in [0.717, 1.165) is 5.56 Å². The molecule has 0 heterocycles. The Labute approximate surface area is 186 Å². The van der Waals surface area contributed by atoms with Crippen LogP contribution in [0.3, 0.4) is 0 Å².